The smallest absolute Gasteiger partial charge is 0.370 e. The molecule has 0 unspecified atom stereocenters. The van der Waals surface area contributed by atoms with Gasteiger partial charge >= 0.3 is 6.18 Å². The maximum Gasteiger partial charge on any atom is 0.416 e. The van der Waals surface area contributed by atoms with Gasteiger partial charge in [0.25, 0.3) is 5.91 Å². The Kier molecular flexibility index (Phi) is 8.58. The van der Waals surface area contributed by atoms with Crippen LogP contribution in [0.5, 0.6) is 0 Å². The minimum atomic E-state index is -4.58. The normalized spacial score (nSPS) is 13.1. The third-order valence-corrected chi connectivity index (χ3v) is 6.68. The molecule has 2 amide bonds. The number of hydrogen-bond donors (Lipinski definition) is 3. The number of anilines is 4. The molecule has 0 atom stereocenters. The highest BCUT2D eigenvalue weighted by Gasteiger charge is 2.34. The van der Waals surface area contributed by atoms with Crippen molar-refractivity contribution in [2.24, 2.45) is 0 Å². The fraction of sp³-hybridized carbons (Fsp3) is 0.357. The summed E-state index contributed by atoms with van der Waals surface area (Å²) in [6.45, 7) is 2.35. The van der Waals surface area contributed by atoms with Gasteiger partial charge in [0.1, 0.15) is 5.82 Å². The molecule has 0 spiro atoms. The quantitative estimate of drug-likeness (QED) is 0.298. The van der Waals surface area contributed by atoms with Crippen LogP contribution in [-0.4, -0.2) is 49.5 Å². The summed E-state index contributed by atoms with van der Waals surface area (Å²) in [5.41, 5.74) is 2.01. The van der Waals surface area contributed by atoms with Crippen molar-refractivity contribution < 1.29 is 22.8 Å². The SMILES string of the molecule is CNc1ncc(CN(C)c2cc(NC(=O)c3ccc(CNC4CC4)c(C(F)(F)F)c3)ccc2C)c(N(C)C=O)n1. The van der Waals surface area contributed by atoms with Crippen LogP contribution in [0.4, 0.5) is 36.3 Å². The number of nitrogens with one attached hydrogen (secondary N) is 3. The van der Waals surface area contributed by atoms with E-state index in [-0.39, 0.29) is 23.7 Å². The van der Waals surface area contributed by atoms with E-state index in [9.17, 15) is 22.8 Å². The summed E-state index contributed by atoms with van der Waals surface area (Å²) in [6, 6.07) is 9.19. The average molecular weight is 556 g/mol. The summed E-state index contributed by atoms with van der Waals surface area (Å²) in [5.74, 6) is 0.173. The number of carbonyl (C=O) groups excluding carboxylic acids is 2. The van der Waals surface area contributed by atoms with Crippen LogP contribution in [0.1, 0.15) is 45.5 Å². The van der Waals surface area contributed by atoms with E-state index in [0.29, 0.717) is 36.0 Å². The highest BCUT2D eigenvalue weighted by atomic mass is 19.4. The highest BCUT2D eigenvalue weighted by molar-refractivity contribution is 6.04. The molecular weight excluding hydrogens is 523 g/mol. The van der Waals surface area contributed by atoms with E-state index in [1.54, 1.807) is 32.4 Å². The van der Waals surface area contributed by atoms with Crippen molar-refractivity contribution in [3.8, 4) is 0 Å². The van der Waals surface area contributed by atoms with Gasteiger partial charge < -0.3 is 25.8 Å². The van der Waals surface area contributed by atoms with Crippen LogP contribution in [0.15, 0.2) is 42.6 Å². The van der Waals surface area contributed by atoms with Gasteiger partial charge in [0.2, 0.25) is 12.4 Å². The van der Waals surface area contributed by atoms with Crippen molar-refractivity contribution in [1.82, 2.24) is 15.3 Å². The van der Waals surface area contributed by atoms with E-state index in [1.165, 1.54) is 17.0 Å². The lowest BCUT2D eigenvalue weighted by Crippen LogP contribution is -2.23. The molecule has 1 aliphatic rings. The van der Waals surface area contributed by atoms with Crippen molar-refractivity contribution in [2.75, 3.05) is 41.6 Å². The molecule has 1 aromatic heterocycles. The summed E-state index contributed by atoms with van der Waals surface area (Å²) in [4.78, 5) is 36.3. The number of aryl methyl sites for hydroxylation is 1. The van der Waals surface area contributed by atoms with Gasteiger partial charge in [-0.05, 0) is 55.2 Å². The number of nitrogens with zero attached hydrogens (tertiary/aromatic N) is 4. The standard InChI is InChI=1S/C28H32F3N7O2/c1-17-5-8-22(12-24(17)37(3)15-20-14-34-27(32-2)36-25(20)38(4)16-39)35-26(40)18-6-7-19(13-33-21-9-10-21)23(11-18)28(29,30)31/h5-8,11-12,14,16,21,33H,9-10,13,15H2,1-4H3,(H,35,40)(H,32,34,36). The number of aromatic nitrogens is 2. The second kappa shape index (κ2) is 11.9. The third-order valence-electron chi connectivity index (χ3n) is 6.68. The third kappa shape index (κ3) is 6.87. The number of alkyl halides is 3. The number of halogens is 3. The first kappa shape index (κ1) is 28.8. The Morgan fingerprint density at radius 1 is 1.12 bits per heavy atom. The molecular formula is C28H32F3N7O2. The van der Waals surface area contributed by atoms with E-state index in [2.05, 4.69) is 25.9 Å². The molecule has 3 N–H and O–H groups in total. The minimum absolute atomic E-state index is 0.0821. The van der Waals surface area contributed by atoms with Crippen molar-refractivity contribution >= 4 is 35.5 Å². The maximum atomic E-state index is 13.8. The molecule has 0 bridgehead atoms. The first-order valence-corrected chi connectivity index (χ1v) is 12.8. The molecule has 1 fully saturated rings. The monoisotopic (exact) mass is 555 g/mol. The molecule has 0 radical (unpaired) electrons. The Morgan fingerprint density at radius 2 is 1.88 bits per heavy atom. The zero-order valence-electron chi connectivity index (χ0n) is 22.8. The fourth-order valence-corrected chi connectivity index (χ4v) is 4.30. The Morgan fingerprint density at radius 3 is 2.52 bits per heavy atom. The lowest BCUT2D eigenvalue weighted by atomic mass is 10.0. The largest absolute Gasteiger partial charge is 0.416 e. The van der Waals surface area contributed by atoms with Crippen molar-refractivity contribution in [3.63, 3.8) is 0 Å². The molecule has 0 aliphatic heterocycles. The first-order valence-electron chi connectivity index (χ1n) is 12.8. The maximum absolute atomic E-state index is 13.8. The van der Waals surface area contributed by atoms with Gasteiger partial charge in [0.15, 0.2) is 0 Å². The van der Waals surface area contributed by atoms with E-state index in [0.717, 1.165) is 30.2 Å². The van der Waals surface area contributed by atoms with Gasteiger partial charge in [0, 0.05) is 69.0 Å². The van der Waals surface area contributed by atoms with Crippen LogP contribution in [0.25, 0.3) is 0 Å². The molecule has 1 aliphatic carbocycles. The van der Waals surface area contributed by atoms with E-state index in [4.69, 9.17) is 0 Å². The van der Waals surface area contributed by atoms with E-state index >= 15 is 0 Å². The van der Waals surface area contributed by atoms with E-state index in [1.807, 2.05) is 24.9 Å². The van der Waals surface area contributed by atoms with Gasteiger partial charge in [-0.3, -0.25) is 9.59 Å². The van der Waals surface area contributed by atoms with Crippen LogP contribution in [0.2, 0.25) is 0 Å². The predicted octanol–water partition coefficient (Wildman–Crippen LogP) is 4.58. The summed E-state index contributed by atoms with van der Waals surface area (Å²) < 4.78 is 41.3. The molecule has 1 saturated carbocycles. The summed E-state index contributed by atoms with van der Waals surface area (Å²) in [7, 11) is 5.12. The molecule has 3 aromatic rings. The summed E-state index contributed by atoms with van der Waals surface area (Å²) in [5, 5.41) is 8.67. The lowest BCUT2D eigenvalue weighted by Gasteiger charge is -2.24. The van der Waals surface area contributed by atoms with Crippen LogP contribution in [-0.2, 0) is 24.1 Å². The first-order chi connectivity index (χ1) is 19.0. The Balaban J connectivity index is 1.53. The molecule has 12 heteroatoms. The average Bonchev–Trinajstić information content (AvgIpc) is 3.76. The molecule has 1 heterocycles. The molecule has 40 heavy (non-hydrogen) atoms. The van der Waals surface area contributed by atoms with Crippen LogP contribution in [0, 0.1) is 6.92 Å². The number of benzene rings is 2. The van der Waals surface area contributed by atoms with Gasteiger partial charge in [-0.25, -0.2) is 4.98 Å². The van der Waals surface area contributed by atoms with Crippen molar-refractivity contribution in [2.45, 2.75) is 45.1 Å². The number of amides is 2. The fourth-order valence-electron chi connectivity index (χ4n) is 4.30. The van der Waals surface area contributed by atoms with Gasteiger partial charge in [-0.2, -0.15) is 18.2 Å². The van der Waals surface area contributed by atoms with Crippen LogP contribution in [0.3, 0.4) is 0 Å². The Hall–Kier alpha value is -4.19. The van der Waals surface area contributed by atoms with Crippen molar-refractivity contribution in [3.05, 3.63) is 70.4 Å². The molecule has 212 valence electrons. The number of hydrogen-bond acceptors (Lipinski definition) is 7. The topological polar surface area (TPSA) is 102 Å². The molecule has 4 rings (SSSR count). The zero-order chi connectivity index (χ0) is 29.0. The van der Waals surface area contributed by atoms with Crippen molar-refractivity contribution in [1.29, 1.82) is 0 Å². The van der Waals surface area contributed by atoms with E-state index < -0.39 is 17.6 Å². The summed E-state index contributed by atoms with van der Waals surface area (Å²) in [6.07, 6.45) is -0.366. The van der Waals surface area contributed by atoms with Gasteiger partial charge in [-0.15, -0.1) is 0 Å². The highest BCUT2D eigenvalue weighted by Crippen LogP contribution is 2.34. The Labute approximate surface area is 230 Å². The zero-order valence-corrected chi connectivity index (χ0v) is 22.8. The molecule has 0 saturated heterocycles. The summed E-state index contributed by atoms with van der Waals surface area (Å²) >= 11 is 0. The molecule has 2 aromatic carbocycles. The molecule has 9 nitrogen and oxygen atoms in total. The predicted molar refractivity (Wildman–Crippen MR) is 149 cm³/mol. The van der Waals surface area contributed by atoms with Crippen LogP contribution >= 0.6 is 0 Å². The Bertz CT molecular complexity index is 1390. The second-order valence-electron chi connectivity index (χ2n) is 9.85. The van der Waals surface area contributed by atoms with Crippen LogP contribution < -0.4 is 25.8 Å². The number of rotatable bonds is 11. The minimum Gasteiger partial charge on any atom is -0.370 e. The lowest BCUT2D eigenvalue weighted by molar-refractivity contribution is -0.138. The van der Waals surface area contributed by atoms with Gasteiger partial charge in [-0.1, -0.05) is 12.1 Å². The van der Waals surface area contributed by atoms with Gasteiger partial charge in [0.05, 0.1) is 5.56 Å². The second-order valence-corrected chi connectivity index (χ2v) is 9.85. The number of carbonyl (C=O) groups is 2.